The van der Waals surface area contributed by atoms with E-state index >= 15 is 0 Å². The number of hydrogen-bond donors (Lipinski definition) is 1. The summed E-state index contributed by atoms with van der Waals surface area (Å²) >= 11 is 3.52. The second-order valence-corrected chi connectivity index (χ2v) is 6.64. The highest BCUT2D eigenvalue weighted by molar-refractivity contribution is 9.10. The number of nitrogens with one attached hydrogen (secondary N) is 1. The summed E-state index contributed by atoms with van der Waals surface area (Å²) in [7, 11) is 1.72. The molecule has 0 aromatic heterocycles. The lowest BCUT2D eigenvalue weighted by atomic mass is 9.87. The van der Waals surface area contributed by atoms with Crippen LogP contribution in [0.4, 0.5) is 5.69 Å². The molecule has 3 heteroatoms. The molecule has 2 aliphatic carbocycles. The lowest BCUT2D eigenvalue weighted by molar-refractivity contribution is 0.393. The van der Waals surface area contributed by atoms with Gasteiger partial charge in [-0.3, -0.25) is 0 Å². The maximum atomic E-state index is 5.43. The molecular formula is C16H20BrNO. The van der Waals surface area contributed by atoms with Crippen molar-refractivity contribution in [2.45, 2.75) is 25.8 Å². The highest BCUT2D eigenvalue weighted by atomic mass is 79.9. The first-order valence-corrected chi connectivity index (χ1v) is 7.75. The van der Waals surface area contributed by atoms with Gasteiger partial charge in [0.05, 0.1) is 12.8 Å². The van der Waals surface area contributed by atoms with Gasteiger partial charge in [0.1, 0.15) is 5.75 Å². The van der Waals surface area contributed by atoms with Crippen LogP contribution >= 0.6 is 15.9 Å². The Morgan fingerprint density at radius 1 is 1.32 bits per heavy atom. The third kappa shape index (κ3) is 2.53. The Balaban J connectivity index is 1.74. The fourth-order valence-electron chi connectivity index (χ4n) is 3.54. The SMILES string of the molecule is COc1ccc(Br)cc1NC(C)C1CC2C=CC1C2. The molecule has 1 fully saturated rings. The summed E-state index contributed by atoms with van der Waals surface area (Å²) in [5, 5.41) is 3.64. The number of halogens is 1. The van der Waals surface area contributed by atoms with Gasteiger partial charge in [0.15, 0.2) is 0 Å². The number of anilines is 1. The highest BCUT2D eigenvalue weighted by Gasteiger charge is 2.38. The average Bonchev–Trinajstić information content (AvgIpc) is 3.01. The van der Waals surface area contributed by atoms with Crippen molar-refractivity contribution in [3.63, 3.8) is 0 Å². The van der Waals surface area contributed by atoms with Gasteiger partial charge in [-0.2, -0.15) is 0 Å². The molecule has 1 aromatic rings. The Labute approximate surface area is 123 Å². The van der Waals surface area contributed by atoms with Crippen molar-refractivity contribution in [2.75, 3.05) is 12.4 Å². The van der Waals surface area contributed by atoms with Crippen molar-refractivity contribution < 1.29 is 4.74 Å². The van der Waals surface area contributed by atoms with Crippen molar-refractivity contribution in [3.8, 4) is 5.75 Å². The Bertz CT molecular complexity index is 500. The van der Waals surface area contributed by atoms with Crippen LogP contribution in [0.25, 0.3) is 0 Å². The van der Waals surface area contributed by atoms with Gasteiger partial charge in [0.2, 0.25) is 0 Å². The van der Waals surface area contributed by atoms with Gasteiger partial charge in [-0.15, -0.1) is 0 Å². The molecule has 0 aliphatic heterocycles. The minimum Gasteiger partial charge on any atom is -0.495 e. The maximum absolute atomic E-state index is 5.43. The van der Waals surface area contributed by atoms with Gasteiger partial charge in [0, 0.05) is 10.5 Å². The van der Waals surface area contributed by atoms with Gasteiger partial charge in [0.25, 0.3) is 0 Å². The molecule has 0 amide bonds. The molecule has 1 saturated carbocycles. The van der Waals surface area contributed by atoms with Crippen molar-refractivity contribution in [1.29, 1.82) is 0 Å². The topological polar surface area (TPSA) is 21.3 Å². The number of fused-ring (bicyclic) bond motifs is 2. The molecule has 0 radical (unpaired) electrons. The number of allylic oxidation sites excluding steroid dienone is 2. The summed E-state index contributed by atoms with van der Waals surface area (Å²) in [5.74, 6) is 3.25. The smallest absolute Gasteiger partial charge is 0.142 e. The van der Waals surface area contributed by atoms with E-state index in [9.17, 15) is 0 Å². The van der Waals surface area contributed by atoms with E-state index in [1.54, 1.807) is 7.11 Å². The number of ether oxygens (including phenoxy) is 1. The molecule has 4 atom stereocenters. The van der Waals surface area contributed by atoms with E-state index in [1.165, 1.54) is 12.8 Å². The zero-order valence-corrected chi connectivity index (χ0v) is 13.0. The summed E-state index contributed by atoms with van der Waals surface area (Å²) in [6.07, 6.45) is 7.49. The van der Waals surface area contributed by atoms with Gasteiger partial charge in [-0.25, -0.2) is 0 Å². The predicted molar refractivity (Wildman–Crippen MR) is 82.6 cm³/mol. The first-order valence-electron chi connectivity index (χ1n) is 6.96. The molecule has 19 heavy (non-hydrogen) atoms. The minimum atomic E-state index is 0.475. The Morgan fingerprint density at radius 3 is 2.79 bits per heavy atom. The minimum absolute atomic E-state index is 0.475. The molecule has 1 aromatic carbocycles. The predicted octanol–water partition coefficient (Wildman–Crippen LogP) is 4.47. The van der Waals surface area contributed by atoms with Crippen LogP contribution in [0.1, 0.15) is 19.8 Å². The summed E-state index contributed by atoms with van der Waals surface area (Å²) in [4.78, 5) is 0. The number of methoxy groups -OCH3 is 1. The molecular weight excluding hydrogens is 302 g/mol. The van der Waals surface area contributed by atoms with Gasteiger partial charge >= 0.3 is 0 Å². The van der Waals surface area contributed by atoms with E-state index < -0.39 is 0 Å². The molecule has 3 rings (SSSR count). The standard InChI is InChI=1S/C16H20BrNO/c1-10(14-8-11-3-4-12(14)7-11)18-15-9-13(17)5-6-16(15)19-2/h3-6,9-12,14,18H,7-8H2,1-2H3. The quantitative estimate of drug-likeness (QED) is 0.826. The maximum Gasteiger partial charge on any atom is 0.142 e. The van der Waals surface area contributed by atoms with Crippen LogP contribution in [-0.2, 0) is 0 Å². The molecule has 2 aliphatic rings. The molecule has 4 unspecified atom stereocenters. The molecule has 2 bridgehead atoms. The van der Waals surface area contributed by atoms with Crippen molar-refractivity contribution >= 4 is 21.6 Å². The Kier molecular flexibility index (Phi) is 3.57. The molecule has 0 saturated heterocycles. The average molecular weight is 322 g/mol. The number of hydrogen-bond acceptors (Lipinski definition) is 2. The third-order valence-electron chi connectivity index (χ3n) is 4.52. The van der Waals surface area contributed by atoms with Crippen LogP contribution in [-0.4, -0.2) is 13.2 Å². The van der Waals surface area contributed by atoms with Crippen LogP contribution in [0, 0.1) is 17.8 Å². The van der Waals surface area contributed by atoms with Crippen LogP contribution < -0.4 is 10.1 Å². The van der Waals surface area contributed by atoms with E-state index in [0.717, 1.165) is 33.7 Å². The summed E-state index contributed by atoms with van der Waals surface area (Å²) in [6.45, 7) is 2.29. The van der Waals surface area contributed by atoms with Crippen molar-refractivity contribution in [3.05, 3.63) is 34.8 Å². The van der Waals surface area contributed by atoms with Gasteiger partial charge in [-0.1, -0.05) is 28.1 Å². The Morgan fingerprint density at radius 2 is 2.16 bits per heavy atom. The molecule has 102 valence electrons. The van der Waals surface area contributed by atoms with E-state index in [4.69, 9.17) is 4.74 Å². The largest absolute Gasteiger partial charge is 0.495 e. The van der Waals surface area contributed by atoms with E-state index in [0.29, 0.717) is 6.04 Å². The Hall–Kier alpha value is -0.960. The van der Waals surface area contributed by atoms with Gasteiger partial charge < -0.3 is 10.1 Å². The van der Waals surface area contributed by atoms with E-state index in [2.05, 4.69) is 46.4 Å². The fraction of sp³-hybridized carbons (Fsp3) is 0.500. The second kappa shape index (κ2) is 5.20. The zero-order chi connectivity index (χ0) is 13.4. The van der Waals surface area contributed by atoms with E-state index in [-0.39, 0.29) is 0 Å². The first kappa shape index (κ1) is 13.0. The third-order valence-corrected chi connectivity index (χ3v) is 5.01. The van der Waals surface area contributed by atoms with E-state index in [1.807, 2.05) is 12.1 Å². The van der Waals surface area contributed by atoms with Crippen LogP contribution in [0.5, 0.6) is 5.75 Å². The molecule has 1 N–H and O–H groups in total. The summed E-state index contributed by atoms with van der Waals surface area (Å²) in [5.41, 5.74) is 1.08. The van der Waals surface area contributed by atoms with Crippen molar-refractivity contribution in [1.82, 2.24) is 0 Å². The van der Waals surface area contributed by atoms with Gasteiger partial charge in [-0.05, 0) is 55.7 Å². The zero-order valence-electron chi connectivity index (χ0n) is 11.4. The van der Waals surface area contributed by atoms with Crippen molar-refractivity contribution in [2.24, 2.45) is 17.8 Å². The molecule has 0 spiro atoms. The second-order valence-electron chi connectivity index (χ2n) is 5.72. The summed E-state index contributed by atoms with van der Waals surface area (Å²) in [6, 6.07) is 6.58. The highest BCUT2D eigenvalue weighted by Crippen LogP contribution is 2.45. The lowest BCUT2D eigenvalue weighted by Crippen LogP contribution is -2.29. The van der Waals surface area contributed by atoms with Crippen LogP contribution in [0.2, 0.25) is 0 Å². The van der Waals surface area contributed by atoms with Crippen LogP contribution in [0.15, 0.2) is 34.8 Å². The lowest BCUT2D eigenvalue weighted by Gasteiger charge is -2.27. The van der Waals surface area contributed by atoms with Crippen LogP contribution in [0.3, 0.4) is 0 Å². The number of rotatable bonds is 4. The molecule has 0 heterocycles. The normalized spacial score (nSPS) is 29.5. The molecule has 2 nitrogen and oxygen atoms in total. The number of benzene rings is 1. The fourth-order valence-corrected chi connectivity index (χ4v) is 3.90. The summed E-state index contributed by atoms with van der Waals surface area (Å²) < 4.78 is 6.51. The first-order chi connectivity index (χ1) is 9.17. The monoisotopic (exact) mass is 321 g/mol.